The smallest absolute Gasteiger partial charge is 0.227 e. The number of carbonyl (C=O) groups is 1. The van der Waals surface area contributed by atoms with Gasteiger partial charge in [-0.05, 0) is 79.9 Å². The van der Waals surface area contributed by atoms with Crippen LogP contribution in [0.15, 0.2) is 66.7 Å². The Labute approximate surface area is 206 Å². The Bertz CT molecular complexity index is 1320. The molecule has 6 heteroatoms. The van der Waals surface area contributed by atoms with Gasteiger partial charge in [0, 0.05) is 31.1 Å². The van der Waals surface area contributed by atoms with Gasteiger partial charge in [-0.25, -0.2) is 4.98 Å². The molecule has 1 aromatic heterocycles. The highest BCUT2D eigenvalue weighted by atomic mass is 16.5. The summed E-state index contributed by atoms with van der Waals surface area (Å²) in [5.74, 6) is 2.83. The fourth-order valence-electron chi connectivity index (χ4n) is 4.96. The Hall–Kier alpha value is -3.80. The summed E-state index contributed by atoms with van der Waals surface area (Å²) in [7, 11) is 1.65. The van der Waals surface area contributed by atoms with E-state index in [1.54, 1.807) is 7.11 Å². The second-order valence-corrected chi connectivity index (χ2v) is 9.24. The van der Waals surface area contributed by atoms with Crippen molar-refractivity contribution in [3.8, 4) is 11.5 Å². The fourth-order valence-corrected chi connectivity index (χ4v) is 4.96. The standard InChI is InChI=1S/C29H31N3O3/c1-20-15-21(2)17-23(16-20)32-19-22(18-28(32)33)29-30-26-7-4-5-8-27(26)31(29)13-6-14-35-25-11-9-24(34-3)10-12-25/h4-5,7-12,15-17,22H,6,13-14,18-19H2,1-3H3/t22-/m0/s1. The van der Waals surface area contributed by atoms with Gasteiger partial charge in [-0.15, -0.1) is 0 Å². The van der Waals surface area contributed by atoms with Crippen molar-refractivity contribution < 1.29 is 14.3 Å². The maximum Gasteiger partial charge on any atom is 0.227 e. The molecule has 0 unspecified atom stereocenters. The van der Waals surface area contributed by atoms with Crippen LogP contribution in [0.1, 0.15) is 35.7 Å². The molecule has 1 saturated heterocycles. The quantitative estimate of drug-likeness (QED) is 0.313. The van der Waals surface area contributed by atoms with Gasteiger partial charge >= 0.3 is 0 Å². The Morgan fingerprint density at radius 1 is 0.971 bits per heavy atom. The number of carbonyl (C=O) groups excluding carboxylic acids is 1. The second kappa shape index (κ2) is 9.82. The van der Waals surface area contributed by atoms with Crippen LogP contribution in [0.25, 0.3) is 11.0 Å². The molecule has 4 aromatic rings. The largest absolute Gasteiger partial charge is 0.497 e. The molecule has 1 aliphatic heterocycles. The zero-order valence-electron chi connectivity index (χ0n) is 20.5. The molecular formula is C29H31N3O3. The van der Waals surface area contributed by atoms with Crippen molar-refractivity contribution in [2.45, 2.75) is 39.2 Å². The van der Waals surface area contributed by atoms with Crippen molar-refractivity contribution >= 4 is 22.6 Å². The summed E-state index contributed by atoms with van der Waals surface area (Å²) in [6.07, 6.45) is 1.31. The third-order valence-electron chi connectivity index (χ3n) is 6.55. The molecule has 3 aromatic carbocycles. The van der Waals surface area contributed by atoms with Crippen LogP contribution in [0.4, 0.5) is 5.69 Å². The summed E-state index contributed by atoms with van der Waals surface area (Å²) in [5.41, 5.74) is 5.38. The van der Waals surface area contributed by atoms with Gasteiger partial charge in [0.1, 0.15) is 17.3 Å². The highest BCUT2D eigenvalue weighted by molar-refractivity contribution is 5.96. The zero-order chi connectivity index (χ0) is 24.4. The van der Waals surface area contributed by atoms with Crippen LogP contribution >= 0.6 is 0 Å². The lowest BCUT2D eigenvalue weighted by molar-refractivity contribution is -0.117. The number of para-hydroxylation sites is 2. The van der Waals surface area contributed by atoms with Crippen LogP contribution in [-0.2, 0) is 11.3 Å². The molecule has 1 fully saturated rings. The molecule has 5 rings (SSSR count). The molecule has 180 valence electrons. The van der Waals surface area contributed by atoms with E-state index in [-0.39, 0.29) is 11.8 Å². The molecule has 0 spiro atoms. The number of imidazole rings is 1. The predicted octanol–water partition coefficient (Wildman–Crippen LogP) is 5.65. The van der Waals surface area contributed by atoms with Gasteiger partial charge in [-0.1, -0.05) is 18.2 Å². The van der Waals surface area contributed by atoms with Gasteiger partial charge in [0.15, 0.2) is 0 Å². The van der Waals surface area contributed by atoms with Crippen molar-refractivity contribution in [2.75, 3.05) is 25.2 Å². The number of anilines is 1. The highest BCUT2D eigenvalue weighted by Gasteiger charge is 2.35. The first kappa shape index (κ1) is 23.0. The Morgan fingerprint density at radius 2 is 1.69 bits per heavy atom. The van der Waals surface area contributed by atoms with E-state index in [9.17, 15) is 4.79 Å². The minimum Gasteiger partial charge on any atom is -0.497 e. The fraction of sp³-hybridized carbons (Fsp3) is 0.310. The van der Waals surface area contributed by atoms with Gasteiger partial charge in [-0.2, -0.15) is 0 Å². The zero-order valence-corrected chi connectivity index (χ0v) is 20.5. The molecule has 0 bridgehead atoms. The SMILES string of the molecule is COc1ccc(OCCCn2c([C@H]3CC(=O)N(c4cc(C)cc(C)c4)C3)nc3ccccc32)cc1. The number of nitrogens with zero attached hydrogens (tertiary/aromatic N) is 3. The predicted molar refractivity (Wildman–Crippen MR) is 138 cm³/mol. The number of methoxy groups -OCH3 is 1. The summed E-state index contributed by atoms with van der Waals surface area (Å²) >= 11 is 0. The van der Waals surface area contributed by atoms with Gasteiger partial charge in [0.05, 0.1) is 24.8 Å². The summed E-state index contributed by atoms with van der Waals surface area (Å²) in [6, 6.07) is 22.2. The van der Waals surface area contributed by atoms with Gasteiger partial charge in [0.2, 0.25) is 5.91 Å². The maximum atomic E-state index is 13.0. The van der Waals surface area contributed by atoms with E-state index in [0.29, 0.717) is 19.6 Å². The number of hydrogen-bond donors (Lipinski definition) is 0. The van der Waals surface area contributed by atoms with E-state index in [1.807, 2.05) is 47.4 Å². The van der Waals surface area contributed by atoms with Crippen LogP contribution in [0.2, 0.25) is 0 Å². The van der Waals surface area contributed by atoms with E-state index >= 15 is 0 Å². The van der Waals surface area contributed by atoms with Crippen molar-refractivity contribution in [3.05, 3.63) is 83.7 Å². The molecule has 6 nitrogen and oxygen atoms in total. The van der Waals surface area contributed by atoms with Crippen molar-refractivity contribution in [1.29, 1.82) is 0 Å². The summed E-state index contributed by atoms with van der Waals surface area (Å²) in [4.78, 5) is 19.9. The van der Waals surface area contributed by atoms with E-state index in [2.05, 4.69) is 42.7 Å². The lowest BCUT2D eigenvalue weighted by atomic mass is 10.1. The van der Waals surface area contributed by atoms with E-state index < -0.39 is 0 Å². The molecule has 1 atom stereocenters. The molecule has 0 saturated carbocycles. The van der Waals surface area contributed by atoms with E-state index in [0.717, 1.165) is 47.0 Å². The van der Waals surface area contributed by atoms with Gasteiger partial charge in [-0.3, -0.25) is 4.79 Å². The number of aryl methyl sites for hydroxylation is 3. The van der Waals surface area contributed by atoms with Crippen molar-refractivity contribution in [2.24, 2.45) is 0 Å². The van der Waals surface area contributed by atoms with Gasteiger partial charge < -0.3 is 18.9 Å². The van der Waals surface area contributed by atoms with Crippen LogP contribution in [0, 0.1) is 13.8 Å². The number of benzene rings is 3. The Balaban J connectivity index is 1.33. The second-order valence-electron chi connectivity index (χ2n) is 9.24. The molecule has 0 aliphatic carbocycles. The first-order valence-electron chi connectivity index (χ1n) is 12.1. The lowest BCUT2D eigenvalue weighted by Gasteiger charge is -2.19. The van der Waals surface area contributed by atoms with Crippen LogP contribution in [0.3, 0.4) is 0 Å². The number of ether oxygens (including phenoxy) is 2. The molecule has 0 radical (unpaired) electrons. The third-order valence-corrected chi connectivity index (χ3v) is 6.55. The van der Waals surface area contributed by atoms with Gasteiger partial charge in [0.25, 0.3) is 0 Å². The first-order chi connectivity index (χ1) is 17.0. The number of rotatable bonds is 8. The highest BCUT2D eigenvalue weighted by Crippen LogP contribution is 2.34. The minimum absolute atomic E-state index is 0.0539. The molecule has 1 amide bonds. The van der Waals surface area contributed by atoms with Crippen molar-refractivity contribution in [3.63, 3.8) is 0 Å². The molecular weight excluding hydrogens is 438 g/mol. The Morgan fingerprint density at radius 3 is 2.43 bits per heavy atom. The molecule has 0 N–H and O–H groups in total. The minimum atomic E-state index is 0.0539. The maximum absolute atomic E-state index is 13.0. The summed E-state index contributed by atoms with van der Waals surface area (Å²) in [5, 5.41) is 0. The monoisotopic (exact) mass is 469 g/mol. The Kier molecular flexibility index (Phi) is 6.45. The van der Waals surface area contributed by atoms with E-state index in [4.69, 9.17) is 14.5 Å². The number of hydrogen-bond acceptors (Lipinski definition) is 4. The summed E-state index contributed by atoms with van der Waals surface area (Å²) in [6.45, 7) is 6.16. The molecule has 2 heterocycles. The van der Waals surface area contributed by atoms with Crippen LogP contribution < -0.4 is 14.4 Å². The average molecular weight is 470 g/mol. The number of amides is 1. The van der Waals surface area contributed by atoms with Crippen LogP contribution in [-0.4, -0.2) is 35.7 Å². The first-order valence-corrected chi connectivity index (χ1v) is 12.1. The van der Waals surface area contributed by atoms with Crippen molar-refractivity contribution in [1.82, 2.24) is 9.55 Å². The van der Waals surface area contributed by atoms with Crippen LogP contribution in [0.5, 0.6) is 11.5 Å². The van der Waals surface area contributed by atoms with E-state index in [1.165, 1.54) is 11.1 Å². The third kappa shape index (κ3) is 4.87. The summed E-state index contributed by atoms with van der Waals surface area (Å²) < 4.78 is 13.4. The number of aromatic nitrogens is 2. The average Bonchev–Trinajstić information content (AvgIpc) is 3.42. The number of fused-ring (bicyclic) bond motifs is 1. The molecule has 1 aliphatic rings. The lowest BCUT2D eigenvalue weighted by Crippen LogP contribution is -2.24. The topological polar surface area (TPSA) is 56.6 Å². The normalized spacial score (nSPS) is 15.7. The molecule has 35 heavy (non-hydrogen) atoms.